The van der Waals surface area contributed by atoms with E-state index in [-0.39, 0.29) is 11.5 Å². The van der Waals surface area contributed by atoms with Gasteiger partial charge in [-0.1, -0.05) is 18.2 Å². The molecule has 2 aromatic rings. The molecule has 0 spiro atoms. The second kappa shape index (κ2) is 3.79. The van der Waals surface area contributed by atoms with E-state index in [0.29, 0.717) is 6.54 Å². The molecule has 2 rings (SSSR count). The fraction of sp³-hybridized carbons (Fsp3) is 0.167. The van der Waals surface area contributed by atoms with Gasteiger partial charge in [0.25, 0.3) is 0 Å². The van der Waals surface area contributed by atoms with Crippen LogP contribution in [0, 0.1) is 0 Å². The van der Waals surface area contributed by atoms with Crippen molar-refractivity contribution in [2.75, 3.05) is 6.54 Å². The second-order valence-electron chi connectivity index (χ2n) is 3.52. The Morgan fingerprint density at radius 3 is 2.53 bits per heavy atom. The first-order chi connectivity index (χ1) is 7.22. The summed E-state index contributed by atoms with van der Waals surface area (Å²) < 4.78 is 0. The van der Waals surface area contributed by atoms with Gasteiger partial charge < -0.3 is 15.9 Å². The van der Waals surface area contributed by atoms with Gasteiger partial charge in [-0.2, -0.15) is 0 Å². The molecule has 3 nitrogen and oxygen atoms in total. The lowest BCUT2D eigenvalue weighted by Gasteiger charge is -2.06. The fourth-order valence-corrected chi connectivity index (χ4v) is 1.74. The molecule has 0 saturated heterocycles. The Morgan fingerprint density at radius 1 is 1.07 bits per heavy atom. The van der Waals surface area contributed by atoms with E-state index in [4.69, 9.17) is 5.73 Å². The molecular weight excluding hydrogens is 190 g/mol. The minimum Gasteiger partial charge on any atom is -0.504 e. The highest BCUT2D eigenvalue weighted by Crippen LogP contribution is 2.31. The Morgan fingerprint density at radius 2 is 1.80 bits per heavy atom. The minimum absolute atomic E-state index is 0.0904. The number of rotatable bonds is 2. The Labute approximate surface area is 87.8 Å². The zero-order chi connectivity index (χ0) is 10.8. The Hall–Kier alpha value is -1.74. The number of phenolic OH excluding ortho intramolecular Hbond substituents is 2. The van der Waals surface area contributed by atoms with E-state index in [2.05, 4.69) is 0 Å². The molecule has 0 aliphatic heterocycles. The van der Waals surface area contributed by atoms with Crippen molar-refractivity contribution in [1.82, 2.24) is 0 Å². The molecule has 78 valence electrons. The van der Waals surface area contributed by atoms with Crippen LogP contribution in [-0.4, -0.2) is 16.8 Å². The fourth-order valence-electron chi connectivity index (χ4n) is 1.74. The first kappa shape index (κ1) is 9.80. The van der Waals surface area contributed by atoms with E-state index >= 15 is 0 Å². The maximum Gasteiger partial charge on any atom is 0.158 e. The third-order valence-electron chi connectivity index (χ3n) is 2.48. The van der Waals surface area contributed by atoms with Crippen molar-refractivity contribution in [2.45, 2.75) is 6.42 Å². The Kier molecular flexibility index (Phi) is 2.47. The first-order valence-corrected chi connectivity index (χ1v) is 4.86. The van der Waals surface area contributed by atoms with E-state index in [1.54, 1.807) is 12.1 Å². The molecule has 0 radical (unpaired) electrons. The van der Waals surface area contributed by atoms with Crippen LogP contribution in [0.5, 0.6) is 11.5 Å². The average Bonchev–Trinajstić information content (AvgIpc) is 2.21. The molecule has 0 fully saturated rings. The van der Waals surface area contributed by atoms with Crippen molar-refractivity contribution in [3.05, 3.63) is 35.9 Å². The van der Waals surface area contributed by atoms with Crippen LogP contribution in [0.15, 0.2) is 30.3 Å². The van der Waals surface area contributed by atoms with Gasteiger partial charge in [-0.25, -0.2) is 0 Å². The molecule has 0 heterocycles. The maximum atomic E-state index is 9.43. The van der Waals surface area contributed by atoms with Crippen molar-refractivity contribution in [3.8, 4) is 11.5 Å². The number of aromatic hydroxyl groups is 2. The van der Waals surface area contributed by atoms with Crippen LogP contribution in [0.4, 0.5) is 0 Å². The van der Waals surface area contributed by atoms with E-state index in [1.165, 1.54) is 0 Å². The van der Waals surface area contributed by atoms with Gasteiger partial charge in [-0.15, -0.1) is 0 Å². The molecule has 0 atom stereocenters. The number of hydrogen-bond acceptors (Lipinski definition) is 3. The summed E-state index contributed by atoms with van der Waals surface area (Å²) in [5.41, 5.74) is 6.60. The van der Waals surface area contributed by atoms with Gasteiger partial charge in [0.05, 0.1) is 0 Å². The third kappa shape index (κ3) is 1.74. The largest absolute Gasteiger partial charge is 0.504 e. The SMILES string of the molecule is NCCc1cccc2cc(O)c(O)cc12. The summed E-state index contributed by atoms with van der Waals surface area (Å²) in [6, 6.07) is 8.93. The second-order valence-corrected chi connectivity index (χ2v) is 3.52. The molecule has 15 heavy (non-hydrogen) atoms. The molecule has 0 saturated carbocycles. The smallest absolute Gasteiger partial charge is 0.158 e. The van der Waals surface area contributed by atoms with Crippen LogP contribution in [0.2, 0.25) is 0 Å². The normalized spacial score (nSPS) is 10.7. The lowest BCUT2D eigenvalue weighted by Crippen LogP contribution is -2.02. The van der Waals surface area contributed by atoms with Gasteiger partial charge in [0.1, 0.15) is 0 Å². The van der Waals surface area contributed by atoms with E-state index in [0.717, 1.165) is 22.8 Å². The van der Waals surface area contributed by atoms with Gasteiger partial charge in [0.2, 0.25) is 0 Å². The van der Waals surface area contributed by atoms with Crippen LogP contribution in [0.1, 0.15) is 5.56 Å². The summed E-state index contributed by atoms with van der Waals surface area (Å²) in [5.74, 6) is -0.181. The minimum atomic E-state index is -0.0908. The standard InChI is InChI=1S/C12H13NO2/c13-5-4-8-2-1-3-9-6-11(14)12(15)7-10(8)9/h1-3,6-7,14-15H,4-5,13H2. The molecule has 0 aliphatic rings. The summed E-state index contributed by atoms with van der Waals surface area (Å²) in [5, 5.41) is 20.6. The lowest BCUT2D eigenvalue weighted by atomic mass is 10.0. The van der Waals surface area contributed by atoms with Gasteiger partial charge in [-0.3, -0.25) is 0 Å². The van der Waals surface area contributed by atoms with Gasteiger partial charge in [0, 0.05) is 0 Å². The van der Waals surface area contributed by atoms with Crippen LogP contribution in [-0.2, 0) is 6.42 Å². The summed E-state index contributed by atoms with van der Waals surface area (Å²) in [6.45, 7) is 0.570. The average molecular weight is 203 g/mol. The molecule has 0 aromatic heterocycles. The number of phenols is 2. The predicted octanol–water partition coefficient (Wildman–Crippen LogP) is 1.75. The molecule has 0 amide bonds. The topological polar surface area (TPSA) is 66.5 Å². The highest BCUT2D eigenvalue weighted by atomic mass is 16.3. The molecule has 0 bridgehead atoms. The molecular formula is C12H13NO2. The van der Waals surface area contributed by atoms with Crippen LogP contribution in [0.3, 0.4) is 0 Å². The monoisotopic (exact) mass is 203 g/mol. The zero-order valence-electron chi connectivity index (χ0n) is 8.27. The van der Waals surface area contributed by atoms with Gasteiger partial charge >= 0.3 is 0 Å². The third-order valence-corrected chi connectivity index (χ3v) is 2.48. The van der Waals surface area contributed by atoms with Crippen molar-refractivity contribution < 1.29 is 10.2 Å². The molecule has 0 aliphatic carbocycles. The predicted molar refractivity (Wildman–Crippen MR) is 60.0 cm³/mol. The number of benzene rings is 2. The van der Waals surface area contributed by atoms with Crippen molar-refractivity contribution >= 4 is 10.8 Å². The lowest BCUT2D eigenvalue weighted by molar-refractivity contribution is 0.405. The molecule has 4 N–H and O–H groups in total. The number of nitrogens with two attached hydrogens (primary N) is 1. The van der Waals surface area contributed by atoms with E-state index in [9.17, 15) is 10.2 Å². The Bertz CT molecular complexity index is 494. The van der Waals surface area contributed by atoms with Crippen LogP contribution in [0.25, 0.3) is 10.8 Å². The van der Waals surface area contributed by atoms with E-state index in [1.807, 2.05) is 18.2 Å². The zero-order valence-corrected chi connectivity index (χ0v) is 8.27. The van der Waals surface area contributed by atoms with Crippen molar-refractivity contribution in [3.63, 3.8) is 0 Å². The molecule has 2 aromatic carbocycles. The van der Waals surface area contributed by atoms with Gasteiger partial charge in [0.15, 0.2) is 11.5 Å². The number of hydrogen-bond donors (Lipinski definition) is 3. The summed E-state index contributed by atoms with van der Waals surface area (Å²) in [7, 11) is 0. The summed E-state index contributed by atoms with van der Waals surface area (Å²) >= 11 is 0. The van der Waals surface area contributed by atoms with Crippen LogP contribution < -0.4 is 5.73 Å². The maximum absolute atomic E-state index is 9.43. The number of fused-ring (bicyclic) bond motifs is 1. The van der Waals surface area contributed by atoms with Gasteiger partial charge in [-0.05, 0) is 41.4 Å². The summed E-state index contributed by atoms with van der Waals surface area (Å²) in [4.78, 5) is 0. The Balaban J connectivity index is 2.68. The first-order valence-electron chi connectivity index (χ1n) is 4.86. The summed E-state index contributed by atoms with van der Waals surface area (Å²) in [6.07, 6.45) is 0.765. The molecule has 3 heteroatoms. The highest BCUT2D eigenvalue weighted by Gasteiger charge is 2.05. The van der Waals surface area contributed by atoms with E-state index < -0.39 is 0 Å². The van der Waals surface area contributed by atoms with Crippen molar-refractivity contribution in [1.29, 1.82) is 0 Å². The molecule has 0 unspecified atom stereocenters. The highest BCUT2D eigenvalue weighted by molar-refractivity contribution is 5.88. The quantitative estimate of drug-likeness (QED) is 0.651. The van der Waals surface area contributed by atoms with Crippen LogP contribution >= 0.6 is 0 Å². The van der Waals surface area contributed by atoms with Crippen molar-refractivity contribution in [2.24, 2.45) is 5.73 Å².